The minimum Gasteiger partial charge on any atom is -0.301 e. The van der Waals surface area contributed by atoms with Gasteiger partial charge < -0.3 is 4.90 Å². The van der Waals surface area contributed by atoms with Crippen molar-refractivity contribution in [1.82, 2.24) is 9.88 Å². The number of hydrogen-bond acceptors (Lipinski definition) is 3. The van der Waals surface area contributed by atoms with Crippen LogP contribution in [0.3, 0.4) is 0 Å². The van der Waals surface area contributed by atoms with Gasteiger partial charge in [0.25, 0.3) is 0 Å². The van der Waals surface area contributed by atoms with Crippen LogP contribution in [0.15, 0.2) is 18.2 Å². The summed E-state index contributed by atoms with van der Waals surface area (Å²) in [5.41, 5.74) is 2.18. The molecule has 0 fully saturated rings. The molecule has 1 heterocycles. The third-order valence-electron chi connectivity index (χ3n) is 2.46. The predicted octanol–water partition coefficient (Wildman–Crippen LogP) is 2.52. The molecule has 0 spiro atoms. The summed E-state index contributed by atoms with van der Waals surface area (Å²) in [7, 11) is 2.09. The van der Waals surface area contributed by atoms with Crippen LogP contribution in [0.4, 0.5) is 0 Å². The zero-order valence-corrected chi connectivity index (χ0v) is 10.1. The predicted molar refractivity (Wildman–Crippen MR) is 64.8 cm³/mol. The molecule has 1 aromatic heterocycles. The number of hydrogen-bond donors (Lipinski definition) is 0. The minimum absolute atomic E-state index is 0.663. The van der Waals surface area contributed by atoms with Crippen LogP contribution in [0.5, 0.6) is 0 Å². The molecule has 0 aromatic carbocycles. The summed E-state index contributed by atoms with van der Waals surface area (Å²) in [6, 6.07) is 8.28. The van der Waals surface area contributed by atoms with E-state index in [1.165, 1.54) is 0 Å². The van der Waals surface area contributed by atoms with Gasteiger partial charge in [-0.15, -0.1) is 0 Å². The Morgan fingerprint density at radius 3 is 2.88 bits per heavy atom. The molecule has 0 atom stereocenters. The van der Waals surface area contributed by atoms with Gasteiger partial charge >= 0.3 is 0 Å². The lowest BCUT2D eigenvalue weighted by Gasteiger charge is -2.15. The van der Waals surface area contributed by atoms with Crippen molar-refractivity contribution in [3.63, 3.8) is 0 Å². The topological polar surface area (TPSA) is 39.9 Å². The largest absolute Gasteiger partial charge is 0.301 e. The molecule has 3 heteroatoms. The molecule has 0 amide bonds. The Morgan fingerprint density at radius 1 is 1.38 bits per heavy atom. The van der Waals surface area contributed by atoms with E-state index in [0.717, 1.165) is 37.3 Å². The fourth-order valence-electron chi connectivity index (χ4n) is 1.63. The van der Waals surface area contributed by atoms with E-state index in [1.807, 2.05) is 19.1 Å². The molecule has 3 nitrogen and oxygen atoms in total. The highest BCUT2D eigenvalue weighted by Gasteiger charge is 2.01. The van der Waals surface area contributed by atoms with Crippen molar-refractivity contribution in [2.45, 2.75) is 32.7 Å². The third-order valence-corrected chi connectivity index (χ3v) is 2.46. The summed E-state index contributed by atoms with van der Waals surface area (Å²) in [6.07, 6.45) is 2.73. The average molecular weight is 217 g/mol. The van der Waals surface area contributed by atoms with Gasteiger partial charge in [-0.3, -0.25) is 4.98 Å². The van der Waals surface area contributed by atoms with Gasteiger partial charge in [0, 0.05) is 18.7 Å². The molecule has 0 bridgehead atoms. The maximum absolute atomic E-state index is 8.42. The van der Waals surface area contributed by atoms with Crippen molar-refractivity contribution >= 4 is 0 Å². The van der Waals surface area contributed by atoms with E-state index in [-0.39, 0.29) is 0 Å². The van der Waals surface area contributed by atoms with E-state index in [0.29, 0.717) is 6.42 Å². The Kier molecular flexibility index (Phi) is 5.52. The van der Waals surface area contributed by atoms with Gasteiger partial charge in [0.1, 0.15) is 0 Å². The first kappa shape index (κ1) is 12.7. The quantitative estimate of drug-likeness (QED) is 0.687. The highest BCUT2D eigenvalue weighted by Crippen LogP contribution is 2.03. The number of unbranched alkanes of at least 4 members (excludes halogenated alkanes) is 2. The number of nitrogens with zero attached hydrogens (tertiary/aromatic N) is 3. The molecule has 86 valence electrons. The van der Waals surface area contributed by atoms with Crippen LogP contribution in [0, 0.1) is 18.3 Å². The molecule has 0 aliphatic carbocycles. The van der Waals surface area contributed by atoms with E-state index in [9.17, 15) is 0 Å². The van der Waals surface area contributed by atoms with Crippen molar-refractivity contribution in [3.05, 3.63) is 29.6 Å². The molecule has 1 rings (SSSR count). The first-order chi connectivity index (χ1) is 7.72. The average Bonchev–Trinajstić information content (AvgIpc) is 2.24. The van der Waals surface area contributed by atoms with Crippen molar-refractivity contribution in [3.8, 4) is 6.07 Å². The Bertz CT molecular complexity index is 354. The Morgan fingerprint density at radius 2 is 2.19 bits per heavy atom. The van der Waals surface area contributed by atoms with Gasteiger partial charge in [-0.2, -0.15) is 5.26 Å². The van der Waals surface area contributed by atoms with Crippen molar-refractivity contribution < 1.29 is 0 Å². The molecule has 0 saturated heterocycles. The second-order valence-corrected chi connectivity index (χ2v) is 4.12. The van der Waals surface area contributed by atoms with Crippen LogP contribution in [-0.2, 0) is 6.54 Å². The standard InChI is InChI=1S/C13H19N3/c1-12-7-6-8-13(15-12)11-16(2)10-5-3-4-9-14/h6-8H,3-5,10-11H2,1-2H3. The lowest BCUT2D eigenvalue weighted by atomic mass is 10.2. The number of aryl methyl sites for hydroxylation is 1. The third kappa shape index (κ3) is 4.90. The summed E-state index contributed by atoms with van der Waals surface area (Å²) >= 11 is 0. The van der Waals surface area contributed by atoms with Gasteiger partial charge in [0.2, 0.25) is 0 Å². The SMILES string of the molecule is Cc1cccc(CN(C)CCCCC#N)n1. The van der Waals surface area contributed by atoms with E-state index in [4.69, 9.17) is 5.26 Å². The summed E-state index contributed by atoms with van der Waals surface area (Å²) in [5, 5.41) is 8.42. The number of nitriles is 1. The monoisotopic (exact) mass is 217 g/mol. The van der Waals surface area contributed by atoms with Crippen LogP contribution in [0.1, 0.15) is 30.7 Å². The second kappa shape index (κ2) is 6.97. The van der Waals surface area contributed by atoms with Gasteiger partial charge in [0.05, 0.1) is 11.8 Å². The Labute approximate surface area is 97.7 Å². The fourth-order valence-corrected chi connectivity index (χ4v) is 1.63. The lowest BCUT2D eigenvalue weighted by molar-refractivity contribution is 0.315. The van der Waals surface area contributed by atoms with Gasteiger partial charge in [-0.1, -0.05) is 6.07 Å². The lowest BCUT2D eigenvalue weighted by Crippen LogP contribution is -2.19. The number of aromatic nitrogens is 1. The van der Waals surface area contributed by atoms with Crippen molar-refractivity contribution in [2.75, 3.05) is 13.6 Å². The normalized spacial score (nSPS) is 10.4. The smallest absolute Gasteiger partial charge is 0.0621 e. The Hall–Kier alpha value is -1.40. The fraction of sp³-hybridized carbons (Fsp3) is 0.538. The van der Waals surface area contributed by atoms with E-state index >= 15 is 0 Å². The van der Waals surface area contributed by atoms with E-state index < -0.39 is 0 Å². The van der Waals surface area contributed by atoms with Gasteiger partial charge in [-0.05, 0) is 45.5 Å². The zero-order valence-electron chi connectivity index (χ0n) is 10.1. The number of rotatable bonds is 6. The van der Waals surface area contributed by atoms with Gasteiger partial charge in [0.15, 0.2) is 0 Å². The first-order valence-electron chi connectivity index (χ1n) is 5.70. The molecule has 0 aliphatic heterocycles. The molecular formula is C13H19N3. The highest BCUT2D eigenvalue weighted by molar-refractivity contribution is 5.09. The Balaban J connectivity index is 2.29. The maximum atomic E-state index is 8.42. The van der Waals surface area contributed by atoms with Crippen LogP contribution in [-0.4, -0.2) is 23.5 Å². The summed E-state index contributed by atoms with van der Waals surface area (Å²) in [6.45, 7) is 3.92. The van der Waals surface area contributed by atoms with Crippen LogP contribution < -0.4 is 0 Å². The molecule has 1 aromatic rings. The first-order valence-corrected chi connectivity index (χ1v) is 5.70. The summed E-state index contributed by atoms with van der Waals surface area (Å²) in [5.74, 6) is 0. The highest BCUT2D eigenvalue weighted by atomic mass is 15.1. The molecule has 0 radical (unpaired) electrons. The minimum atomic E-state index is 0.663. The summed E-state index contributed by atoms with van der Waals surface area (Å²) < 4.78 is 0. The molecule has 0 saturated carbocycles. The number of pyridine rings is 1. The maximum Gasteiger partial charge on any atom is 0.0621 e. The van der Waals surface area contributed by atoms with E-state index in [1.54, 1.807) is 0 Å². The van der Waals surface area contributed by atoms with E-state index in [2.05, 4.69) is 29.1 Å². The molecule has 0 unspecified atom stereocenters. The summed E-state index contributed by atoms with van der Waals surface area (Å²) in [4.78, 5) is 6.71. The van der Waals surface area contributed by atoms with Crippen LogP contribution >= 0.6 is 0 Å². The molecule has 0 aliphatic rings. The second-order valence-electron chi connectivity index (χ2n) is 4.12. The van der Waals surface area contributed by atoms with Crippen molar-refractivity contribution in [2.24, 2.45) is 0 Å². The molecular weight excluding hydrogens is 198 g/mol. The van der Waals surface area contributed by atoms with Crippen LogP contribution in [0.2, 0.25) is 0 Å². The molecule has 0 N–H and O–H groups in total. The van der Waals surface area contributed by atoms with Crippen molar-refractivity contribution in [1.29, 1.82) is 5.26 Å². The van der Waals surface area contributed by atoms with Gasteiger partial charge in [-0.25, -0.2) is 0 Å². The van der Waals surface area contributed by atoms with Crippen LogP contribution in [0.25, 0.3) is 0 Å². The zero-order chi connectivity index (χ0) is 11.8. The molecule has 16 heavy (non-hydrogen) atoms.